The van der Waals surface area contributed by atoms with Gasteiger partial charge in [0, 0.05) is 5.57 Å². The number of esters is 1. The zero-order valence-corrected chi connectivity index (χ0v) is 12.3. The molecule has 22 heavy (non-hydrogen) atoms. The number of aliphatic hydroxyl groups is 1. The molecule has 2 rings (SSSR count). The quantitative estimate of drug-likeness (QED) is 0.480. The van der Waals surface area contributed by atoms with E-state index >= 15 is 0 Å². The molecule has 2 aliphatic rings. The lowest BCUT2D eigenvalue weighted by Gasteiger charge is -2.34. The monoisotopic (exact) mass is 324 g/mol. The third-order valence-corrected chi connectivity index (χ3v) is 4.89. The van der Waals surface area contributed by atoms with Crippen LogP contribution in [0, 0.1) is 17.8 Å². The van der Waals surface area contributed by atoms with Crippen molar-refractivity contribution in [2.45, 2.75) is 50.5 Å². The fraction of sp³-hybridized carbons (Fsp3) is 0.800. The molecule has 0 aromatic rings. The molecule has 3 nitrogen and oxygen atoms in total. The lowest BCUT2D eigenvalue weighted by molar-refractivity contribution is -0.271. The summed E-state index contributed by atoms with van der Waals surface area (Å²) in [5.41, 5.74) is -2.99. The van der Waals surface area contributed by atoms with Crippen molar-refractivity contribution in [2.24, 2.45) is 17.8 Å². The Morgan fingerprint density at radius 1 is 1.27 bits per heavy atom. The van der Waals surface area contributed by atoms with Crippen LogP contribution < -0.4 is 0 Å². The van der Waals surface area contributed by atoms with Gasteiger partial charge in [0.2, 0.25) is 0 Å². The van der Waals surface area contributed by atoms with E-state index in [1.165, 1.54) is 6.92 Å². The molecule has 2 saturated carbocycles. The van der Waals surface area contributed by atoms with Crippen LogP contribution in [-0.2, 0) is 9.53 Å². The van der Waals surface area contributed by atoms with E-state index in [0.29, 0.717) is 19.3 Å². The summed E-state index contributed by atoms with van der Waals surface area (Å²) in [5.74, 6) is -0.986. The van der Waals surface area contributed by atoms with Crippen LogP contribution in [0.15, 0.2) is 12.2 Å². The van der Waals surface area contributed by atoms with Crippen LogP contribution >= 0.6 is 0 Å². The molecule has 5 unspecified atom stereocenters. The number of carbonyl (C=O) groups is 1. The van der Waals surface area contributed by atoms with Crippen molar-refractivity contribution < 1.29 is 32.2 Å². The molecular formula is C15H20F4O3. The highest BCUT2D eigenvalue weighted by atomic mass is 19.4. The van der Waals surface area contributed by atoms with Gasteiger partial charge in [-0.05, 0) is 50.4 Å². The molecule has 0 heterocycles. The minimum atomic E-state index is -4.98. The summed E-state index contributed by atoms with van der Waals surface area (Å²) in [6, 6.07) is 0. The van der Waals surface area contributed by atoms with Gasteiger partial charge in [-0.25, -0.2) is 9.18 Å². The number of carbonyl (C=O) groups excluding carboxylic acids is 1. The predicted octanol–water partition coefficient (Wildman–Crippen LogP) is 3.17. The standard InChI is InChI=1S/C15H20F4O3/c1-8(2)13(20)22-12-5-9-3-10(12)4-11(9)6-14(21,7-16)15(17,18)19/h9-12,21H,1,3-7H2,2H3. The van der Waals surface area contributed by atoms with Crippen LogP contribution in [-0.4, -0.2) is 35.6 Å². The zero-order chi connectivity index (χ0) is 16.7. The van der Waals surface area contributed by atoms with Gasteiger partial charge in [-0.3, -0.25) is 0 Å². The smallest absolute Gasteiger partial charge is 0.419 e. The first-order chi connectivity index (χ1) is 10.1. The minimum Gasteiger partial charge on any atom is -0.459 e. The SMILES string of the molecule is C=C(C)C(=O)OC1CC2CC1CC2CC(O)(CF)C(F)(F)F. The molecule has 0 aromatic heterocycles. The van der Waals surface area contributed by atoms with Gasteiger partial charge in [0.1, 0.15) is 12.8 Å². The minimum absolute atomic E-state index is 0.0182. The Labute approximate surface area is 126 Å². The van der Waals surface area contributed by atoms with E-state index in [4.69, 9.17) is 4.74 Å². The van der Waals surface area contributed by atoms with Gasteiger partial charge in [0.25, 0.3) is 0 Å². The van der Waals surface area contributed by atoms with Crippen molar-refractivity contribution in [2.75, 3.05) is 6.67 Å². The maximum absolute atomic E-state index is 12.8. The van der Waals surface area contributed by atoms with Gasteiger partial charge in [0.05, 0.1) is 0 Å². The van der Waals surface area contributed by atoms with E-state index in [1.807, 2.05) is 0 Å². The highest BCUT2D eigenvalue weighted by molar-refractivity contribution is 5.87. The topological polar surface area (TPSA) is 46.5 Å². The number of fused-ring (bicyclic) bond motifs is 2. The Balaban J connectivity index is 1.95. The highest BCUT2D eigenvalue weighted by Gasteiger charge is 2.58. The third kappa shape index (κ3) is 3.14. The van der Waals surface area contributed by atoms with Gasteiger partial charge >= 0.3 is 12.1 Å². The Hall–Kier alpha value is -1.11. The van der Waals surface area contributed by atoms with E-state index in [1.54, 1.807) is 0 Å². The number of rotatable bonds is 5. The van der Waals surface area contributed by atoms with E-state index in [9.17, 15) is 27.5 Å². The molecule has 1 N–H and O–H groups in total. The van der Waals surface area contributed by atoms with Crippen molar-refractivity contribution in [3.05, 3.63) is 12.2 Å². The molecule has 2 bridgehead atoms. The molecule has 5 atom stereocenters. The number of halogens is 4. The van der Waals surface area contributed by atoms with Gasteiger partial charge in [-0.15, -0.1) is 0 Å². The summed E-state index contributed by atoms with van der Waals surface area (Å²) in [6.45, 7) is 3.18. The van der Waals surface area contributed by atoms with Crippen molar-refractivity contribution in [3.8, 4) is 0 Å². The highest BCUT2D eigenvalue weighted by Crippen LogP contribution is 2.53. The second-order valence-corrected chi connectivity index (χ2v) is 6.58. The van der Waals surface area contributed by atoms with Crippen molar-refractivity contribution in [3.63, 3.8) is 0 Å². The third-order valence-electron chi connectivity index (χ3n) is 4.89. The van der Waals surface area contributed by atoms with Crippen LogP contribution in [0.25, 0.3) is 0 Å². The lowest BCUT2D eigenvalue weighted by Crippen LogP contribution is -2.49. The fourth-order valence-electron chi connectivity index (χ4n) is 3.65. The number of ether oxygens (including phenoxy) is 1. The van der Waals surface area contributed by atoms with E-state index in [2.05, 4.69) is 6.58 Å². The molecular weight excluding hydrogens is 304 g/mol. The number of alkyl halides is 4. The number of hydrogen-bond donors (Lipinski definition) is 1. The first kappa shape index (κ1) is 17.2. The molecule has 0 spiro atoms. The van der Waals surface area contributed by atoms with Gasteiger partial charge in [-0.1, -0.05) is 6.58 Å². The molecule has 0 amide bonds. The molecule has 7 heteroatoms. The van der Waals surface area contributed by atoms with Crippen LogP contribution in [0.4, 0.5) is 17.6 Å². The summed E-state index contributed by atoms with van der Waals surface area (Å²) in [6.07, 6.45) is -4.38. The second kappa shape index (κ2) is 5.83. The van der Waals surface area contributed by atoms with E-state index in [-0.39, 0.29) is 23.5 Å². The first-order valence-electron chi connectivity index (χ1n) is 7.29. The summed E-state index contributed by atoms with van der Waals surface area (Å²) in [5, 5.41) is 9.53. The van der Waals surface area contributed by atoms with Crippen LogP contribution in [0.3, 0.4) is 0 Å². The van der Waals surface area contributed by atoms with E-state index < -0.39 is 36.8 Å². The molecule has 2 fully saturated rings. The Morgan fingerprint density at radius 2 is 1.91 bits per heavy atom. The van der Waals surface area contributed by atoms with Crippen molar-refractivity contribution in [1.29, 1.82) is 0 Å². The van der Waals surface area contributed by atoms with Gasteiger partial charge in [0.15, 0.2) is 5.60 Å². The summed E-state index contributed by atoms with van der Waals surface area (Å²) < 4.78 is 56.3. The number of hydrogen-bond acceptors (Lipinski definition) is 3. The van der Waals surface area contributed by atoms with Crippen LogP contribution in [0.2, 0.25) is 0 Å². The van der Waals surface area contributed by atoms with Crippen LogP contribution in [0.1, 0.15) is 32.6 Å². The summed E-state index contributed by atoms with van der Waals surface area (Å²) >= 11 is 0. The fourth-order valence-corrected chi connectivity index (χ4v) is 3.65. The van der Waals surface area contributed by atoms with Gasteiger partial charge in [-0.2, -0.15) is 13.2 Å². The second-order valence-electron chi connectivity index (χ2n) is 6.58. The molecule has 0 aromatic carbocycles. The Bertz CT molecular complexity index is 462. The average molecular weight is 324 g/mol. The largest absolute Gasteiger partial charge is 0.459 e. The van der Waals surface area contributed by atoms with Crippen molar-refractivity contribution in [1.82, 2.24) is 0 Å². The molecule has 0 saturated heterocycles. The Morgan fingerprint density at radius 3 is 2.32 bits per heavy atom. The normalized spacial score (nSPS) is 33.5. The average Bonchev–Trinajstić information content (AvgIpc) is 2.96. The summed E-state index contributed by atoms with van der Waals surface area (Å²) in [4.78, 5) is 11.5. The molecule has 0 radical (unpaired) electrons. The van der Waals surface area contributed by atoms with Crippen molar-refractivity contribution >= 4 is 5.97 Å². The first-order valence-corrected chi connectivity index (χ1v) is 7.29. The maximum atomic E-state index is 12.8. The predicted molar refractivity (Wildman–Crippen MR) is 70.6 cm³/mol. The maximum Gasteiger partial charge on any atom is 0.419 e. The zero-order valence-electron chi connectivity index (χ0n) is 12.3. The summed E-state index contributed by atoms with van der Waals surface area (Å²) in [7, 11) is 0. The van der Waals surface area contributed by atoms with Gasteiger partial charge < -0.3 is 9.84 Å². The van der Waals surface area contributed by atoms with Crippen LogP contribution in [0.5, 0.6) is 0 Å². The lowest BCUT2D eigenvalue weighted by atomic mass is 9.79. The van der Waals surface area contributed by atoms with E-state index in [0.717, 1.165) is 0 Å². The molecule has 0 aliphatic heterocycles. The Kier molecular flexibility index (Phi) is 4.57. The molecule has 2 aliphatic carbocycles. The molecule has 126 valence electrons.